The van der Waals surface area contributed by atoms with Crippen molar-refractivity contribution in [3.63, 3.8) is 0 Å². The molecule has 0 fully saturated rings. The van der Waals surface area contributed by atoms with Crippen LogP contribution in [0.15, 0.2) is 30.6 Å². The summed E-state index contributed by atoms with van der Waals surface area (Å²) in [7, 11) is 1.66. The fraction of sp³-hybridized carbons (Fsp3) is 0.308. The Kier molecular flexibility index (Phi) is 3.15. The average Bonchev–Trinajstić information content (AvgIpc) is 2.74. The lowest BCUT2D eigenvalue weighted by Crippen LogP contribution is -2.12. The van der Waals surface area contributed by atoms with Gasteiger partial charge in [-0.3, -0.25) is 0 Å². The SMILES string of the molecule is COc1cccc(-n2ccnc2C)c1[C@H](C)N. The fourth-order valence-electron chi connectivity index (χ4n) is 2.01. The van der Waals surface area contributed by atoms with Crippen molar-refractivity contribution in [3.05, 3.63) is 42.0 Å². The molecule has 0 saturated heterocycles. The molecule has 0 aliphatic heterocycles. The van der Waals surface area contributed by atoms with E-state index >= 15 is 0 Å². The summed E-state index contributed by atoms with van der Waals surface area (Å²) < 4.78 is 7.39. The molecule has 4 heteroatoms. The molecule has 0 unspecified atom stereocenters. The van der Waals surface area contributed by atoms with Gasteiger partial charge in [0, 0.05) is 24.0 Å². The lowest BCUT2D eigenvalue weighted by atomic mass is 10.1. The van der Waals surface area contributed by atoms with Gasteiger partial charge in [-0.2, -0.15) is 0 Å². The lowest BCUT2D eigenvalue weighted by Gasteiger charge is -2.18. The van der Waals surface area contributed by atoms with E-state index in [0.29, 0.717) is 0 Å². The topological polar surface area (TPSA) is 53.1 Å². The summed E-state index contributed by atoms with van der Waals surface area (Å²) in [5.74, 6) is 1.74. The number of nitrogens with zero attached hydrogens (tertiary/aromatic N) is 2. The van der Waals surface area contributed by atoms with Crippen LogP contribution in [-0.2, 0) is 0 Å². The summed E-state index contributed by atoms with van der Waals surface area (Å²) in [6.45, 7) is 3.91. The van der Waals surface area contributed by atoms with Crippen LogP contribution in [0.3, 0.4) is 0 Å². The second kappa shape index (κ2) is 4.59. The smallest absolute Gasteiger partial charge is 0.125 e. The Labute approximate surface area is 101 Å². The molecule has 0 amide bonds. The Morgan fingerprint density at radius 3 is 2.71 bits per heavy atom. The van der Waals surface area contributed by atoms with Crippen LogP contribution >= 0.6 is 0 Å². The third kappa shape index (κ3) is 2.03. The van der Waals surface area contributed by atoms with Gasteiger partial charge in [-0.25, -0.2) is 4.98 Å². The number of benzene rings is 1. The van der Waals surface area contributed by atoms with Crippen molar-refractivity contribution in [1.29, 1.82) is 0 Å². The highest BCUT2D eigenvalue weighted by molar-refractivity contribution is 5.52. The lowest BCUT2D eigenvalue weighted by molar-refractivity contribution is 0.406. The predicted molar refractivity (Wildman–Crippen MR) is 67.5 cm³/mol. The van der Waals surface area contributed by atoms with Gasteiger partial charge in [0.1, 0.15) is 11.6 Å². The van der Waals surface area contributed by atoms with Crippen LogP contribution in [-0.4, -0.2) is 16.7 Å². The van der Waals surface area contributed by atoms with E-state index in [0.717, 1.165) is 22.8 Å². The standard InChI is InChI=1S/C13H17N3O/c1-9(14)13-11(5-4-6-12(13)17-3)16-8-7-15-10(16)2/h4-9H,14H2,1-3H3/t9-/m0/s1. The van der Waals surface area contributed by atoms with Gasteiger partial charge in [0.25, 0.3) is 0 Å². The molecule has 90 valence electrons. The summed E-state index contributed by atoms with van der Waals surface area (Å²) in [6.07, 6.45) is 3.70. The molecule has 0 aliphatic rings. The second-order valence-corrected chi connectivity index (χ2v) is 4.03. The van der Waals surface area contributed by atoms with Gasteiger partial charge in [0.05, 0.1) is 12.8 Å². The van der Waals surface area contributed by atoms with E-state index in [9.17, 15) is 0 Å². The van der Waals surface area contributed by atoms with Crippen LogP contribution in [0, 0.1) is 6.92 Å². The molecule has 1 heterocycles. The zero-order valence-corrected chi connectivity index (χ0v) is 10.3. The van der Waals surface area contributed by atoms with E-state index in [2.05, 4.69) is 4.98 Å². The molecular formula is C13H17N3O. The summed E-state index contributed by atoms with van der Waals surface area (Å²) in [5, 5.41) is 0. The monoisotopic (exact) mass is 231 g/mol. The number of aryl methyl sites for hydroxylation is 1. The molecule has 17 heavy (non-hydrogen) atoms. The maximum Gasteiger partial charge on any atom is 0.125 e. The minimum atomic E-state index is -0.0945. The number of nitrogens with two attached hydrogens (primary N) is 1. The Morgan fingerprint density at radius 1 is 1.41 bits per heavy atom. The third-order valence-electron chi connectivity index (χ3n) is 2.80. The van der Waals surface area contributed by atoms with Crippen LogP contribution in [0.4, 0.5) is 0 Å². The van der Waals surface area contributed by atoms with Crippen molar-refractivity contribution in [2.75, 3.05) is 7.11 Å². The second-order valence-electron chi connectivity index (χ2n) is 4.03. The van der Waals surface area contributed by atoms with Gasteiger partial charge in [-0.1, -0.05) is 6.07 Å². The first-order valence-electron chi connectivity index (χ1n) is 5.58. The van der Waals surface area contributed by atoms with Gasteiger partial charge in [-0.05, 0) is 26.0 Å². The van der Waals surface area contributed by atoms with Gasteiger partial charge in [0.15, 0.2) is 0 Å². The van der Waals surface area contributed by atoms with Gasteiger partial charge >= 0.3 is 0 Å². The number of aromatic nitrogens is 2. The first kappa shape index (κ1) is 11.7. The van der Waals surface area contributed by atoms with E-state index in [1.807, 2.05) is 42.8 Å². The Morgan fingerprint density at radius 2 is 2.18 bits per heavy atom. The molecule has 0 spiro atoms. The van der Waals surface area contributed by atoms with Crippen molar-refractivity contribution >= 4 is 0 Å². The zero-order chi connectivity index (χ0) is 12.4. The molecule has 2 N–H and O–H groups in total. The number of rotatable bonds is 3. The van der Waals surface area contributed by atoms with Crippen molar-refractivity contribution in [2.45, 2.75) is 19.9 Å². The molecule has 0 aliphatic carbocycles. The van der Waals surface area contributed by atoms with Gasteiger partial charge in [-0.15, -0.1) is 0 Å². The van der Waals surface area contributed by atoms with E-state index in [1.54, 1.807) is 13.3 Å². The molecule has 0 bridgehead atoms. The number of imidazole rings is 1. The van der Waals surface area contributed by atoms with E-state index in [1.165, 1.54) is 0 Å². The highest BCUT2D eigenvalue weighted by atomic mass is 16.5. The highest BCUT2D eigenvalue weighted by Gasteiger charge is 2.15. The predicted octanol–water partition coefficient (Wildman–Crippen LogP) is 2.21. The number of hydrogen-bond acceptors (Lipinski definition) is 3. The van der Waals surface area contributed by atoms with Crippen molar-refractivity contribution in [3.8, 4) is 11.4 Å². The molecule has 0 saturated carbocycles. The minimum absolute atomic E-state index is 0.0945. The maximum atomic E-state index is 6.03. The van der Waals surface area contributed by atoms with Crippen molar-refractivity contribution in [1.82, 2.24) is 9.55 Å². The average molecular weight is 231 g/mol. The van der Waals surface area contributed by atoms with Crippen LogP contribution in [0.25, 0.3) is 5.69 Å². The third-order valence-corrected chi connectivity index (χ3v) is 2.80. The van der Waals surface area contributed by atoms with Crippen LogP contribution < -0.4 is 10.5 Å². The van der Waals surface area contributed by atoms with Crippen LogP contribution in [0.1, 0.15) is 24.4 Å². The summed E-state index contributed by atoms with van der Waals surface area (Å²) in [4.78, 5) is 4.23. The summed E-state index contributed by atoms with van der Waals surface area (Å²) >= 11 is 0. The quantitative estimate of drug-likeness (QED) is 0.881. The molecule has 4 nitrogen and oxygen atoms in total. The summed E-state index contributed by atoms with van der Waals surface area (Å²) in [6, 6.07) is 5.81. The minimum Gasteiger partial charge on any atom is -0.496 e. The molecular weight excluding hydrogens is 214 g/mol. The molecule has 1 aromatic carbocycles. The van der Waals surface area contributed by atoms with Gasteiger partial charge in [0.2, 0.25) is 0 Å². The maximum absolute atomic E-state index is 6.03. The number of hydrogen-bond donors (Lipinski definition) is 1. The zero-order valence-electron chi connectivity index (χ0n) is 10.3. The van der Waals surface area contributed by atoms with E-state index in [4.69, 9.17) is 10.5 Å². The van der Waals surface area contributed by atoms with E-state index in [-0.39, 0.29) is 6.04 Å². The van der Waals surface area contributed by atoms with Crippen LogP contribution in [0.5, 0.6) is 5.75 Å². The van der Waals surface area contributed by atoms with Crippen LogP contribution in [0.2, 0.25) is 0 Å². The molecule has 1 aromatic heterocycles. The molecule has 1 atom stereocenters. The molecule has 0 radical (unpaired) electrons. The number of ether oxygens (including phenoxy) is 1. The van der Waals surface area contributed by atoms with Gasteiger partial charge < -0.3 is 15.0 Å². The largest absolute Gasteiger partial charge is 0.496 e. The Hall–Kier alpha value is -1.81. The first-order valence-corrected chi connectivity index (χ1v) is 5.58. The van der Waals surface area contributed by atoms with Crippen molar-refractivity contribution in [2.24, 2.45) is 5.73 Å². The number of methoxy groups -OCH3 is 1. The Balaban J connectivity index is 2.65. The molecule has 2 rings (SSSR count). The molecule has 2 aromatic rings. The van der Waals surface area contributed by atoms with Crippen molar-refractivity contribution < 1.29 is 4.74 Å². The highest BCUT2D eigenvalue weighted by Crippen LogP contribution is 2.30. The normalized spacial score (nSPS) is 12.5. The fourth-order valence-corrected chi connectivity index (χ4v) is 2.01. The summed E-state index contributed by atoms with van der Waals surface area (Å²) in [5.41, 5.74) is 8.05. The Bertz CT molecular complexity index is 517. The van der Waals surface area contributed by atoms with E-state index < -0.39 is 0 Å². The first-order chi connectivity index (χ1) is 8.15.